The summed E-state index contributed by atoms with van der Waals surface area (Å²) in [5.74, 6) is 2.87. The Morgan fingerprint density at radius 2 is 1.90 bits per heavy atom. The molecule has 0 spiro atoms. The van der Waals surface area contributed by atoms with E-state index in [1.54, 1.807) is 13.3 Å². The van der Waals surface area contributed by atoms with Crippen LogP contribution in [0.1, 0.15) is 30.9 Å². The molecule has 0 saturated heterocycles. The number of aromatic nitrogens is 3. The minimum atomic E-state index is 0. The van der Waals surface area contributed by atoms with Crippen LogP contribution >= 0.6 is 24.0 Å². The van der Waals surface area contributed by atoms with Crippen molar-refractivity contribution in [2.24, 2.45) is 10.9 Å². The van der Waals surface area contributed by atoms with Crippen molar-refractivity contribution >= 4 is 29.9 Å². The van der Waals surface area contributed by atoms with Gasteiger partial charge in [-0.25, -0.2) is 9.97 Å². The lowest BCUT2D eigenvalue weighted by molar-refractivity contribution is 0.503. The number of benzene rings is 1. The number of nitrogens with zero attached hydrogens (tertiary/aromatic N) is 4. The van der Waals surface area contributed by atoms with Crippen LogP contribution in [0.5, 0.6) is 0 Å². The van der Waals surface area contributed by atoms with E-state index in [4.69, 9.17) is 4.42 Å². The zero-order chi connectivity index (χ0) is 19.9. The SMILES string of the molecule is CN=C(NCc1coc(-c2ccc(C)cc2)n1)NCc1nccn1CC(C)C.I. The van der Waals surface area contributed by atoms with E-state index in [1.165, 1.54) is 5.56 Å². The van der Waals surface area contributed by atoms with Crippen molar-refractivity contribution in [3.63, 3.8) is 0 Å². The Hall–Kier alpha value is -2.36. The molecule has 8 heteroatoms. The number of rotatable bonds is 7. The van der Waals surface area contributed by atoms with Gasteiger partial charge in [0.25, 0.3) is 0 Å². The zero-order valence-corrected chi connectivity index (χ0v) is 19.7. The third-order valence-corrected chi connectivity index (χ3v) is 4.29. The molecule has 0 atom stereocenters. The molecule has 0 fully saturated rings. The molecule has 3 aromatic rings. The van der Waals surface area contributed by atoms with E-state index in [-0.39, 0.29) is 24.0 Å². The van der Waals surface area contributed by atoms with Crippen LogP contribution < -0.4 is 10.6 Å². The van der Waals surface area contributed by atoms with Gasteiger partial charge in [-0.1, -0.05) is 31.5 Å². The summed E-state index contributed by atoms with van der Waals surface area (Å²) < 4.78 is 7.77. The van der Waals surface area contributed by atoms with E-state index in [2.05, 4.69) is 50.9 Å². The van der Waals surface area contributed by atoms with Gasteiger partial charge in [0, 0.05) is 31.5 Å². The van der Waals surface area contributed by atoms with Crippen molar-refractivity contribution in [2.75, 3.05) is 7.05 Å². The van der Waals surface area contributed by atoms with Gasteiger partial charge in [0.05, 0.1) is 18.8 Å². The highest BCUT2D eigenvalue weighted by Crippen LogP contribution is 2.18. The van der Waals surface area contributed by atoms with Crippen LogP contribution in [-0.2, 0) is 19.6 Å². The lowest BCUT2D eigenvalue weighted by atomic mass is 10.1. The number of guanidine groups is 1. The lowest BCUT2D eigenvalue weighted by Crippen LogP contribution is -2.37. The third kappa shape index (κ3) is 6.59. The summed E-state index contributed by atoms with van der Waals surface area (Å²) in [6.45, 7) is 8.52. The monoisotopic (exact) mass is 508 g/mol. The van der Waals surface area contributed by atoms with Crippen molar-refractivity contribution in [1.82, 2.24) is 25.2 Å². The number of imidazole rings is 1. The topological polar surface area (TPSA) is 80.3 Å². The second-order valence-corrected chi connectivity index (χ2v) is 7.18. The lowest BCUT2D eigenvalue weighted by Gasteiger charge is -2.13. The average molecular weight is 508 g/mol. The van der Waals surface area contributed by atoms with Gasteiger partial charge in [-0.2, -0.15) is 0 Å². The smallest absolute Gasteiger partial charge is 0.226 e. The summed E-state index contributed by atoms with van der Waals surface area (Å²) in [5, 5.41) is 6.56. The molecule has 1 aromatic carbocycles. The average Bonchev–Trinajstić information content (AvgIpc) is 3.32. The molecular formula is C21H29IN6O. The molecular weight excluding hydrogens is 479 g/mol. The summed E-state index contributed by atoms with van der Waals surface area (Å²) in [5.41, 5.74) is 3.00. The van der Waals surface area contributed by atoms with Crippen LogP contribution in [0.15, 0.2) is 52.3 Å². The molecule has 29 heavy (non-hydrogen) atoms. The Kier molecular flexibility index (Phi) is 8.69. The van der Waals surface area contributed by atoms with Gasteiger partial charge >= 0.3 is 0 Å². The van der Waals surface area contributed by atoms with Crippen LogP contribution in [0.2, 0.25) is 0 Å². The quantitative estimate of drug-likeness (QED) is 0.287. The molecule has 7 nitrogen and oxygen atoms in total. The van der Waals surface area contributed by atoms with Gasteiger partial charge in [-0.15, -0.1) is 24.0 Å². The van der Waals surface area contributed by atoms with E-state index >= 15 is 0 Å². The summed E-state index contributed by atoms with van der Waals surface area (Å²) in [6, 6.07) is 8.12. The number of hydrogen-bond donors (Lipinski definition) is 2. The second-order valence-electron chi connectivity index (χ2n) is 7.18. The molecule has 0 bridgehead atoms. The first kappa shape index (κ1) is 22.9. The number of hydrogen-bond acceptors (Lipinski definition) is 4. The molecule has 2 heterocycles. The van der Waals surface area contributed by atoms with Crippen LogP contribution in [-0.4, -0.2) is 27.5 Å². The maximum absolute atomic E-state index is 5.60. The Morgan fingerprint density at radius 1 is 1.17 bits per heavy atom. The van der Waals surface area contributed by atoms with E-state index in [1.807, 2.05) is 36.7 Å². The minimum absolute atomic E-state index is 0. The van der Waals surface area contributed by atoms with E-state index < -0.39 is 0 Å². The molecule has 0 amide bonds. The summed E-state index contributed by atoms with van der Waals surface area (Å²) >= 11 is 0. The van der Waals surface area contributed by atoms with Gasteiger partial charge in [-0.05, 0) is 25.0 Å². The van der Waals surface area contributed by atoms with Gasteiger partial charge in [0.1, 0.15) is 12.1 Å². The number of nitrogens with one attached hydrogen (secondary N) is 2. The van der Waals surface area contributed by atoms with Gasteiger partial charge in [0.2, 0.25) is 5.89 Å². The molecule has 3 rings (SSSR count). The Labute approximate surface area is 189 Å². The maximum Gasteiger partial charge on any atom is 0.226 e. The molecule has 0 saturated carbocycles. The fourth-order valence-electron chi connectivity index (χ4n) is 2.84. The summed E-state index contributed by atoms with van der Waals surface area (Å²) in [7, 11) is 1.75. The minimum Gasteiger partial charge on any atom is -0.444 e. The second kappa shape index (κ2) is 11.0. The van der Waals surface area contributed by atoms with Crippen molar-refractivity contribution in [1.29, 1.82) is 0 Å². The van der Waals surface area contributed by atoms with Crippen molar-refractivity contribution in [3.05, 3.63) is 60.0 Å². The van der Waals surface area contributed by atoms with Gasteiger partial charge in [0.15, 0.2) is 5.96 Å². The van der Waals surface area contributed by atoms with Crippen molar-refractivity contribution in [2.45, 2.75) is 40.4 Å². The first-order valence-corrected chi connectivity index (χ1v) is 9.51. The number of oxazole rings is 1. The van der Waals surface area contributed by atoms with E-state index in [9.17, 15) is 0 Å². The molecule has 2 N–H and O–H groups in total. The predicted molar refractivity (Wildman–Crippen MR) is 126 cm³/mol. The molecule has 156 valence electrons. The molecule has 0 aliphatic carbocycles. The van der Waals surface area contributed by atoms with Crippen LogP contribution in [0.3, 0.4) is 0 Å². The summed E-state index contributed by atoms with van der Waals surface area (Å²) in [4.78, 5) is 13.2. The molecule has 0 unspecified atom stereocenters. The Morgan fingerprint density at radius 3 is 2.59 bits per heavy atom. The first-order chi connectivity index (χ1) is 13.5. The van der Waals surface area contributed by atoms with Crippen molar-refractivity contribution < 1.29 is 4.42 Å². The van der Waals surface area contributed by atoms with Gasteiger partial charge < -0.3 is 19.6 Å². The zero-order valence-electron chi connectivity index (χ0n) is 17.3. The van der Waals surface area contributed by atoms with Crippen molar-refractivity contribution in [3.8, 4) is 11.5 Å². The number of aryl methyl sites for hydroxylation is 1. The molecule has 0 aliphatic heterocycles. The number of aliphatic imine (C=N–C) groups is 1. The first-order valence-electron chi connectivity index (χ1n) is 9.51. The van der Waals surface area contributed by atoms with Crippen LogP contribution in [0.4, 0.5) is 0 Å². The van der Waals surface area contributed by atoms with E-state index in [0.717, 1.165) is 23.6 Å². The fourth-order valence-corrected chi connectivity index (χ4v) is 2.84. The highest BCUT2D eigenvalue weighted by atomic mass is 127. The molecule has 0 aliphatic rings. The van der Waals surface area contributed by atoms with Crippen LogP contribution in [0, 0.1) is 12.8 Å². The normalized spacial score (nSPS) is 11.4. The molecule has 2 aromatic heterocycles. The molecule has 0 radical (unpaired) electrons. The summed E-state index contributed by atoms with van der Waals surface area (Å²) in [6.07, 6.45) is 5.51. The maximum atomic E-state index is 5.60. The number of halogens is 1. The highest BCUT2D eigenvalue weighted by molar-refractivity contribution is 14.0. The highest BCUT2D eigenvalue weighted by Gasteiger charge is 2.09. The largest absolute Gasteiger partial charge is 0.444 e. The predicted octanol–water partition coefficient (Wildman–Crippen LogP) is 3.99. The van der Waals surface area contributed by atoms with Gasteiger partial charge in [-0.3, -0.25) is 4.99 Å². The Bertz CT molecular complexity index is 913. The standard InChI is InChI=1S/C21H28N6O.HI/c1-15(2)13-27-10-9-23-19(27)12-25-21(22-4)24-11-18-14-28-20(26-18)17-7-5-16(3)6-8-17;/h5-10,14-15H,11-13H2,1-4H3,(H2,22,24,25);1H. The van der Waals surface area contributed by atoms with E-state index in [0.29, 0.717) is 30.9 Å². The fraction of sp³-hybridized carbons (Fsp3) is 0.381. The Balaban J connectivity index is 0.00000300. The third-order valence-electron chi connectivity index (χ3n) is 4.29. The van der Waals surface area contributed by atoms with Crippen LogP contribution in [0.25, 0.3) is 11.5 Å².